The Labute approximate surface area is 162 Å². The van der Waals surface area contributed by atoms with Crippen molar-refractivity contribution in [2.24, 2.45) is 0 Å². The van der Waals surface area contributed by atoms with Crippen LogP contribution in [0.25, 0.3) is 0 Å². The van der Waals surface area contributed by atoms with Gasteiger partial charge in [0.2, 0.25) is 0 Å². The van der Waals surface area contributed by atoms with Gasteiger partial charge >= 0.3 is 0 Å². The molecule has 4 rings (SSSR count). The van der Waals surface area contributed by atoms with Crippen LogP contribution in [0.5, 0.6) is 5.75 Å². The molecule has 0 radical (unpaired) electrons. The molecule has 7 heteroatoms. The molecule has 0 unspecified atom stereocenters. The predicted molar refractivity (Wildman–Crippen MR) is 101 cm³/mol. The quantitative estimate of drug-likeness (QED) is 0.605. The van der Waals surface area contributed by atoms with Crippen LogP contribution in [0.2, 0.25) is 0 Å². The highest BCUT2D eigenvalue weighted by Crippen LogP contribution is 2.24. The topological polar surface area (TPSA) is 43.4 Å². The summed E-state index contributed by atoms with van der Waals surface area (Å²) in [6.45, 7) is 4.08. The number of fused-ring (bicyclic) bond motifs is 1. The number of ether oxygens (including phenoxy) is 1. The first kappa shape index (κ1) is 17.9. The third kappa shape index (κ3) is 3.94. The normalized spacial score (nSPS) is 15.3. The van der Waals surface area contributed by atoms with Crippen LogP contribution < -0.4 is 4.74 Å². The van der Waals surface area contributed by atoms with Gasteiger partial charge in [0.1, 0.15) is 0 Å². The minimum atomic E-state index is -0.549. The van der Waals surface area contributed by atoms with Crippen molar-refractivity contribution in [3.8, 4) is 5.75 Å². The summed E-state index contributed by atoms with van der Waals surface area (Å²) in [5.74, 6) is 0.0725. The highest BCUT2D eigenvalue weighted by atomic mass is 32.1. The average Bonchev–Trinajstić information content (AvgIpc) is 3.04. The van der Waals surface area contributed by atoms with Crippen LogP contribution >= 0.6 is 12.2 Å². The lowest BCUT2D eigenvalue weighted by molar-refractivity contribution is 0.177. The zero-order valence-electron chi connectivity index (χ0n) is 15.0. The number of para-hydroxylation sites is 1. The fourth-order valence-electron chi connectivity index (χ4n) is 3.22. The maximum absolute atomic E-state index is 13.8. The summed E-state index contributed by atoms with van der Waals surface area (Å²) in [6.07, 6.45) is 0.452. The molecule has 0 spiro atoms. The summed E-state index contributed by atoms with van der Waals surface area (Å²) in [7, 11) is 0. The lowest BCUT2D eigenvalue weighted by Gasteiger charge is -2.28. The van der Waals surface area contributed by atoms with Gasteiger partial charge < -0.3 is 9.15 Å². The molecule has 0 N–H and O–H groups in total. The van der Waals surface area contributed by atoms with E-state index in [1.807, 2.05) is 0 Å². The van der Waals surface area contributed by atoms with Crippen LogP contribution in [0.1, 0.15) is 30.0 Å². The second kappa shape index (κ2) is 7.62. The van der Waals surface area contributed by atoms with E-state index in [9.17, 15) is 4.39 Å². The fourth-order valence-corrected chi connectivity index (χ4v) is 3.41. The van der Waals surface area contributed by atoms with E-state index in [1.165, 1.54) is 17.2 Å². The number of rotatable bonds is 5. The summed E-state index contributed by atoms with van der Waals surface area (Å²) in [5, 5.41) is 4.44. The summed E-state index contributed by atoms with van der Waals surface area (Å²) < 4.78 is 26.6. The van der Waals surface area contributed by atoms with Crippen LogP contribution in [0.4, 0.5) is 4.39 Å². The number of hydrogen-bond acceptors (Lipinski definition) is 5. The second-order valence-electron chi connectivity index (χ2n) is 6.61. The Morgan fingerprint density at radius 2 is 1.93 bits per heavy atom. The van der Waals surface area contributed by atoms with E-state index in [1.54, 1.807) is 29.8 Å². The lowest BCUT2D eigenvalue weighted by atomic mass is 10.0. The molecule has 0 aliphatic carbocycles. The number of nitrogens with zero attached hydrogens (tertiary/aromatic N) is 3. The molecule has 1 aromatic heterocycles. The molecule has 140 valence electrons. The first-order valence-corrected chi connectivity index (χ1v) is 9.29. The first-order chi connectivity index (χ1) is 13.1. The third-order valence-electron chi connectivity index (χ3n) is 4.65. The van der Waals surface area contributed by atoms with Gasteiger partial charge in [-0.1, -0.05) is 36.4 Å². The van der Waals surface area contributed by atoms with Crippen LogP contribution in [0, 0.1) is 10.7 Å². The van der Waals surface area contributed by atoms with E-state index < -0.39 is 11.9 Å². The van der Waals surface area contributed by atoms with Crippen molar-refractivity contribution >= 4 is 12.2 Å². The van der Waals surface area contributed by atoms with Crippen LogP contribution in [-0.2, 0) is 19.6 Å². The van der Waals surface area contributed by atoms with E-state index >= 15 is 0 Å². The van der Waals surface area contributed by atoms with Crippen molar-refractivity contribution in [2.45, 2.75) is 32.7 Å². The summed E-state index contributed by atoms with van der Waals surface area (Å²) in [6, 6.07) is 14.7. The SMILES string of the molecule is C[C@@H](Oc1ccccc1F)c1nn(CN2CCc3ccccc3C2)c(=S)o1. The van der Waals surface area contributed by atoms with E-state index in [-0.39, 0.29) is 10.6 Å². The van der Waals surface area contributed by atoms with E-state index in [4.69, 9.17) is 21.4 Å². The average molecular weight is 385 g/mol. The van der Waals surface area contributed by atoms with Gasteiger partial charge in [0.05, 0.1) is 6.67 Å². The van der Waals surface area contributed by atoms with Gasteiger partial charge in [-0.15, -0.1) is 5.10 Å². The number of benzene rings is 2. The molecule has 0 bridgehead atoms. The standard InChI is InChI=1S/C20H20FN3O2S/c1-14(25-18-9-5-4-8-17(18)21)19-22-24(20(27)26-19)13-23-11-10-15-6-2-3-7-16(15)12-23/h2-9,14H,10-13H2,1H3/t14-/m1/s1. The number of hydrogen-bond donors (Lipinski definition) is 0. The van der Waals surface area contributed by atoms with Crippen molar-refractivity contribution in [3.05, 3.63) is 76.2 Å². The summed E-state index contributed by atoms with van der Waals surface area (Å²) in [4.78, 5) is 2.56. The molecule has 2 heterocycles. The molecule has 0 saturated carbocycles. The Bertz CT molecular complexity index is 1000. The zero-order valence-corrected chi connectivity index (χ0v) is 15.8. The highest BCUT2D eigenvalue weighted by Gasteiger charge is 2.20. The fraction of sp³-hybridized carbons (Fsp3) is 0.300. The summed E-state index contributed by atoms with van der Waals surface area (Å²) in [5.41, 5.74) is 2.72. The maximum Gasteiger partial charge on any atom is 0.288 e. The Kier molecular flexibility index (Phi) is 5.05. The molecule has 3 aromatic rings. The minimum Gasteiger partial charge on any atom is -0.478 e. The van der Waals surface area contributed by atoms with E-state index in [0.717, 1.165) is 19.5 Å². The Balaban J connectivity index is 1.46. The second-order valence-corrected chi connectivity index (χ2v) is 6.96. The molecular weight excluding hydrogens is 365 g/mol. The third-order valence-corrected chi connectivity index (χ3v) is 4.95. The van der Waals surface area contributed by atoms with Gasteiger partial charge in [-0.3, -0.25) is 4.90 Å². The van der Waals surface area contributed by atoms with E-state index in [0.29, 0.717) is 12.6 Å². The van der Waals surface area contributed by atoms with Crippen LogP contribution in [0.3, 0.4) is 0 Å². The predicted octanol–water partition coefficient (Wildman–Crippen LogP) is 4.50. The van der Waals surface area contributed by atoms with Gasteiger partial charge in [0, 0.05) is 13.1 Å². The van der Waals surface area contributed by atoms with Crippen molar-refractivity contribution in [1.29, 1.82) is 0 Å². The maximum atomic E-state index is 13.8. The Morgan fingerprint density at radius 3 is 2.74 bits per heavy atom. The number of aromatic nitrogens is 2. The molecule has 27 heavy (non-hydrogen) atoms. The molecule has 0 amide bonds. The smallest absolute Gasteiger partial charge is 0.288 e. The first-order valence-electron chi connectivity index (χ1n) is 8.88. The molecule has 1 atom stereocenters. The Morgan fingerprint density at radius 1 is 1.19 bits per heavy atom. The number of halogens is 1. The summed E-state index contributed by atoms with van der Waals surface area (Å²) >= 11 is 5.31. The molecular formula is C20H20FN3O2S. The van der Waals surface area contributed by atoms with Crippen LogP contribution in [0.15, 0.2) is 52.9 Å². The lowest BCUT2D eigenvalue weighted by Crippen LogP contribution is -2.32. The monoisotopic (exact) mass is 385 g/mol. The van der Waals surface area contributed by atoms with Crippen LogP contribution in [-0.4, -0.2) is 21.2 Å². The van der Waals surface area contributed by atoms with Gasteiger partial charge in [0.15, 0.2) is 17.7 Å². The molecule has 0 saturated heterocycles. The van der Waals surface area contributed by atoms with Gasteiger partial charge in [-0.05, 0) is 48.8 Å². The minimum absolute atomic E-state index is 0.160. The van der Waals surface area contributed by atoms with Crippen molar-refractivity contribution in [1.82, 2.24) is 14.7 Å². The molecule has 2 aromatic carbocycles. The van der Waals surface area contributed by atoms with Crippen molar-refractivity contribution in [3.63, 3.8) is 0 Å². The van der Waals surface area contributed by atoms with Crippen molar-refractivity contribution < 1.29 is 13.5 Å². The van der Waals surface area contributed by atoms with E-state index in [2.05, 4.69) is 34.3 Å². The molecule has 1 aliphatic heterocycles. The largest absolute Gasteiger partial charge is 0.478 e. The highest BCUT2D eigenvalue weighted by molar-refractivity contribution is 7.71. The van der Waals surface area contributed by atoms with Crippen molar-refractivity contribution in [2.75, 3.05) is 6.54 Å². The molecule has 1 aliphatic rings. The van der Waals surface area contributed by atoms with Gasteiger partial charge in [-0.2, -0.15) is 0 Å². The molecule has 0 fully saturated rings. The molecule has 5 nitrogen and oxygen atoms in total. The Hall–Kier alpha value is -2.51. The van der Waals surface area contributed by atoms with Gasteiger partial charge in [-0.25, -0.2) is 9.07 Å². The zero-order chi connectivity index (χ0) is 18.8. The van der Waals surface area contributed by atoms with Gasteiger partial charge in [0.25, 0.3) is 10.7 Å².